The van der Waals surface area contributed by atoms with Crippen LogP contribution in [-0.2, 0) is 9.59 Å². The normalized spacial score (nSPS) is 26.3. The Balaban J connectivity index is 2.07. The van der Waals surface area contributed by atoms with E-state index in [1.807, 2.05) is 41.9 Å². The maximum Gasteiger partial charge on any atom is 0.299 e. The molecule has 5 nitrogen and oxygen atoms in total. The average Bonchev–Trinajstić information content (AvgIpc) is 2.64. The zero-order chi connectivity index (χ0) is 13.3. The third-order valence-electron chi connectivity index (χ3n) is 3.22. The van der Waals surface area contributed by atoms with E-state index < -0.39 is 0 Å². The van der Waals surface area contributed by atoms with Crippen molar-refractivity contribution in [3.8, 4) is 11.8 Å². The molecule has 2 saturated heterocycles. The highest BCUT2D eigenvalue weighted by Crippen LogP contribution is 2.32. The minimum Gasteiger partial charge on any atom is -0.315 e. The largest absolute Gasteiger partial charge is 0.315 e. The second kappa shape index (κ2) is 5.45. The van der Waals surface area contributed by atoms with E-state index in [9.17, 15) is 9.59 Å². The first-order valence-corrected chi connectivity index (χ1v) is 6.90. The molecule has 0 aliphatic carbocycles. The third-order valence-corrected chi connectivity index (χ3v) is 4.09. The van der Waals surface area contributed by atoms with Crippen molar-refractivity contribution in [3.05, 3.63) is 0 Å². The van der Waals surface area contributed by atoms with Gasteiger partial charge in [-0.05, 0) is 32.9 Å². The van der Waals surface area contributed by atoms with Crippen molar-refractivity contribution in [1.82, 2.24) is 12.9 Å². The van der Waals surface area contributed by atoms with Crippen LogP contribution in [0.1, 0.15) is 12.8 Å². The van der Waals surface area contributed by atoms with Crippen LogP contribution in [0.25, 0.3) is 0 Å². The van der Waals surface area contributed by atoms with Crippen LogP contribution < -0.4 is 0 Å². The molecule has 18 heavy (non-hydrogen) atoms. The van der Waals surface area contributed by atoms with E-state index in [2.05, 4.69) is 11.8 Å². The number of rotatable bonds is 1. The smallest absolute Gasteiger partial charge is 0.299 e. The lowest BCUT2D eigenvalue weighted by molar-refractivity contribution is -0.142. The van der Waals surface area contributed by atoms with Crippen molar-refractivity contribution < 1.29 is 9.59 Å². The lowest BCUT2D eigenvalue weighted by atomic mass is 10.2. The van der Waals surface area contributed by atoms with Crippen LogP contribution >= 0.6 is 22.9 Å². The van der Waals surface area contributed by atoms with Crippen LogP contribution in [0.15, 0.2) is 0 Å². The summed E-state index contributed by atoms with van der Waals surface area (Å²) in [4.78, 5) is 27.6. The number of piperazine rings is 1. The Labute approximate surface area is 121 Å². The van der Waals surface area contributed by atoms with Gasteiger partial charge in [0.25, 0.3) is 11.8 Å². The van der Waals surface area contributed by atoms with Gasteiger partial charge in [-0.1, -0.05) is 5.92 Å². The SMILES string of the molecule is CN(C)CC#CC(=O)N1C2CCC1C(=O)N(I)C2. The Morgan fingerprint density at radius 1 is 1.50 bits per heavy atom. The minimum absolute atomic E-state index is 0.0344. The second-order valence-corrected chi connectivity index (χ2v) is 6.05. The first-order valence-electron chi connectivity index (χ1n) is 5.93. The van der Waals surface area contributed by atoms with E-state index in [0.29, 0.717) is 13.1 Å². The Kier molecular flexibility index (Phi) is 4.12. The maximum absolute atomic E-state index is 12.1. The summed E-state index contributed by atoms with van der Waals surface area (Å²) >= 11 is 2.03. The van der Waals surface area contributed by atoms with Crippen LogP contribution in [0.5, 0.6) is 0 Å². The number of amides is 2. The number of fused-ring (bicyclic) bond motifs is 2. The van der Waals surface area contributed by atoms with E-state index in [4.69, 9.17) is 0 Å². The molecule has 2 aliphatic heterocycles. The van der Waals surface area contributed by atoms with Gasteiger partial charge in [0.15, 0.2) is 0 Å². The van der Waals surface area contributed by atoms with Crippen molar-refractivity contribution in [2.24, 2.45) is 0 Å². The molecule has 2 unspecified atom stereocenters. The van der Waals surface area contributed by atoms with Gasteiger partial charge >= 0.3 is 0 Å². The molecular formula is C12H16IN3O2. The molecule has 0 spiro atoms. The van der Waals surface area contributed by atoms with Crippen molar-refractivity contribution in [2.75, 3.05) is 27.2 Å². The molecule has 2 atom stereocenters. The summed E-state index contributed by atoms with van der Waals surface area (Å²) in [6.45, 7) is 1.18. The van der Waals surface area contributed by atoms with E-state index in [-0.39, 0.29) is 23.9 Å². The molecule has 2 amide bonds. The molecule has 0 aromatic rings. The topological polar surface area (TPSA) is 43.9 Å². The van der Waals surface area contributed by atoms with Crippen molar-refractivity contribution >= 4 is 34.7 Å². The van der Waals surface area contributed by atoms with Gasteiger partial charge in [0.1, 0.15) is 6.04 Å². The van der Waals surface area contributed by atoms with Gasteiger partial charge < -0.3 is 4.90 Å². The second-order valence-electron chi connectivity index (χ2n) is 4.88. The first kappa shape index (κ1) is 13.6. The highest BCUT2D eigenvalue weighted by atomic mass is 127. The molecular weight excluding hydrogens is 345 g/mol. The predicted octanol–water partition coefficient (Wildman–Crippen LogP) is 0.103. The molecule has 0 saturated carbocycles. The molecule has 0 radical (unpaired) electrons. The van der Waals surface area contributed by atoms with Crippen molar-refractivity contribution in [1.29, 1.82) is 0 Å². The van der Waals surface area contributed by atoms with Crippen molar-refractivity contribution in [3.63, 3.8) is 0 Å². The lowest BCUT2D eigenvalue weighted by Crippen LogP contribution is -2.55. The highest BCUT2D eigenvalue weighted by molar-refractivity contribution is 14.1. The molecule has 0 N–H and O–H groups in total. The maximum atomic E-state index is 12.1. The van der Waals surface area contributed by atoms with Gasteiger partial charge in [0.2, 0.25) is 0 Å². The molecule has 2 heterocycles. The molecule has 2 bridgehead atoms. The van der Waals surface area contributed by atoms with Crippen molar-refractivity contribution in [2.45, 2.75) is 24.9 Å². The standard InChI is InChI=1S/C12H16IN3O2/c1-14(2)7-3-4-11(17)16-9-5-6-10(16)12(18)15(13)8-9/h9-10H,5-8H2,1-2H3. The molecule has 0 aromatic heterocycles. The van der Waals surface area contributed by atoms with Gasteiger partial charge in [-0.2, -0.15) is 0 Å². The Morgan fingerprint density at radius 2 is 2.22 bits per heavy atom. The van der Waals surface area contributed by atoms with Gasteiger partial charge in [0, 0.05) is 0 Å². The molecule has 2 fully saturated rings. The van der Waals surface area contributed by atoms with Crippen LogP contribution in [0, 0.1) is 11.8 Å². The van der Waals surface area contributed by atoms with Crippen LogP contribution in [0.3, 0.4) is 0 Å². The summed E-state index contributed by atoms with van der Waals surface area (Å²) in [5.41, 5.74) is 0. The average molecular weight is 361 g/mol. The van der Waals surface area contributed by atoms with Gasteiger partial charge in [0.05, 0.1) is 42.0 Å². The number of hydrogen-bond donors (Lipinski definition) is 0. The molecule has 6 heteroatoms. The summed E-state index contributed by atoms with van der Waals surface area (Å²) in [6, 6.07) is -0.146. The Hall–Kier alpha value is -0.810. The summed E-state index contributed by atoms with van der Waals surface area (Å²) in [5, 5.41) is 0. The molecule has 2 aliphatic rings. The summed E-state index contributed by atoms with van der Waals surface area (Å²) in [7, 11) is 3.81. The summed E-state index contributed by atoms with van der Waals surface area (Å²) in [5.74, 6) is 5.30. The number of hydrogen-bond acceptors (Lipinski definition) is 3. The van der Waals surface area contributed by atoms with Crippen LogP contribution in [0.2, 0.25) is 0 Å². The number of nitrogens with zero attached hydrogens (tertiary/aromatic N) is 3. The van der Waals surface area contributed by atoms with E-state index in [0.717, 1.165) is 12.8 Å². The van der Waals surface area contributed by atoms with Crippen LogP contribution in [0.4, 0.5) is 0 Å². The monoisotopic (exact) mass is 361 g/mol. The number of carbonyl (C=O) groups excluding carboxylic acids is 2. The first-order chi connectivity index (χ1) is 8.50. The van der Waals surface area contributed by atoms with Gasteiger partial charge in [-0.15, -0.1) is 0 Å². The summed E-state index contributed by atoms with van der Waals surface area (Å²) in [6.07, 6.45) is 1.67. The van der Waals surface area contributed by atoms with Gasteiger partial charge in [-0.25, -0.2) is 0 Å². The fourth-order valence-electron chi connectivity index (χ4n) is 2.39. The minimum atomic E-state index is -0.290. The lowest BCUT2D eigenvalue weighted by Gasteiger charge is -2.36. The quantitative estimate of drug-likeness (QED) is 0.378. The third kappa shape index (κ3) is 2.62. The van der Waals surface area contributed by atoms with E-state index in [1.165, 1.54) is 0 Å². The van der Waals surface area contributed by atoms with Crippen LogP contribution in [-0.4, -0.2) is 64.0 Å². The zero-order valence-corrected chi connectivity index (χ0v) is 12.7. The summed E-state index contributed by atoms with van der Waals surface area (Å²) < 4.78 is 1.69. The molecule has 98 valence electrons. The zero-order valence-electron chi connectivity index (χ0n) is 10.5. The highest BCUT2D eigenvalue weighted by Gasteiger charge is 2.46. The Morgan fingerprint density at radius 3 is 2.89 bits per heavy atom. The number of halogens is 1. The van der Waals surface area contributed by atoms with E-state index >= 15 is 0 Å². The van der Waals surface area contributed by atoms with E-state index in [1.54, 1.807) is 8.01 Å². The van der Waals surface area contributed by atoms with Gasteiger partial charge in [-0.3, -0.25) is 17.6 Å². The number of carbonyl (C=O) groups is 2. The fourth-order valence-corrected chi connectivity index (χ4v) is 3.16. The fraction of sp³-hybridized carbons (Fsp3) is 0.667. The Bertz CT molecular complexity index is 427. The predicted molar refractivity (Wildman–Crippen MR) is 75.7 cm³/mol. The molecule has 0 aromatic carbocycles. The molecule has 2 rings (SSSR count).